The number of halogens is 4. The van der Waals surface area contributed by atoms with Crippen molar-refractivity contribution in [3.63, 3.8) is 0 Å². The first-order chi connectivity index (χ1) is 10.9. The number of benzene rings is 2. The first-order valence-electron chi connectivity index (χ1n) is 6.77. The molecule has 2 aromatic carbocycles. The fourth-order valence-electron chi connectivity index (χ4n) is 2.17. The smallest absolute Gasteiger partial charge is 0.416 e. The molecule has 3 aromatic rings. The van der Waals surface area contributed by atoms with Gasteiger partial charge in [-0.05, 0) is 42.0 Å². The zero-order chi connectivity index (χ0) is 16.4. The number of pyridine rings is 1. The Balaban J connectivity index is 1.87. The highest BCUT2D eigenvalue weighted by atomic mass is 19.4. The second-order valence-electron chi connectivity index (χ2n) is 4.95. The monoisotopic (exact) mass is 321 g/mol. The Morgan fingerprint density at radius 1 is 0.957 bits per heavy atom. The van der Waals surface area contributed by atoms with E-state index in [0.29, 0.717) is 11.1 Å². The Morgan fingerprint density at radius 2 is 1.70 bits per heavy atom. The van der Waals surface area contributed by atoms with E-state index in [4.69, 9.17) is 4.74 Å². The molecule has 0 aliphatic rings. The van der Waals surface area contributed by atoms with Gasteiger partial charge < -0.3 is 4.74 Å². The van der Waals surface area contributed by atoms with E-state index in [9.17, 15) is 17.6 Å². The molecule has 0 saturated heterocycles. The number of rotatable bonds is 3. The summed E-state index contributed by atoms with van der Waals surface area (Å²) in [5, 5.41) is 0.489. The van der Waals surface area contributed by atoms with E-state index in [1.165, 1.54) is 24.4 Å². The normalized spacial score (nSPS) is 11.7. The van der Waals surface area contributed by atoms with Crippen LogP contribution >= 0.6 is 0 Å². The lowest BCUT2D eigenvalue weighted by Crippen LogP contribution is -2.04. The maximum atomic E-state index is 12.9. The predicted molar refractivity (Wildman–Crippen MR) is 77.5 cm³/mol. The van der Waals surface area contributed by atoms with Crippen LogP contribution in [0.4, 0.5) is 17.6 Å². The summed E-state index contributed by atoms with van der Waals surface area (Å²) in [5.74, 6) is 0.0795. The number of aromatic nitrogens is 1. The Labute approximate surface area is 129 Å². The van der Waals surface area contributed by atoms with Crippen LogP contribution in [-0.2, 0) is 12.8 Å². The Hall–Kier alpha value is -2.63. The van der Waals surface area contributed by atoms with Gasteiger partial charge in [-0.15, -0.1) is 0 Å². The van der Waals surface area contributed by atoms with Crippen molar-refractivity contribution < 1.29 is 22.3 Å². The second kappa shape index (κ2) is 5.87. The third-order valence-electron chi connectivity index (χ3n) is 3.34. The van der Waals surface area contributed by atoms with Crippen molar-refractivity contribution >= 4 is 10.9 Å². The van der Waals surface area contributed by atoms with Crippen molar-refractivity contribution in [3.8, 4) is 5.75 Å². The Bertz CT molecular complexity index is 828. The van der Waals surface area contributed by atoms with E-state index in [1.807, 2.05) is 0 Å². The molecule has 6 heteroatoms. The summed E-state index contributed by atoms with van der Waals surface area (Å²) in [5.41, 5.74) is 0.202. The largest absolute Gasteiger partial charge is 0.488 e. The summed E-state index contributed by atoms with van der Waals surface area (Å²) in [6.07, 6.45) is -3.02. The summed E-state index contributed by atoms with van der Waals surface area (Å²) in [4.78, 5) is 3.95. The van der Waals surface area contributed by atoms with Gasteiger partial charge in [-0.2, -0.15) is 13.2 Å². The molecule has 0 N–H and O–H groups in total. The topological polar surface area (TPSA) is 22.1 Å². The maximum absolute atomic E-state index is 12.9. The van der Waals surface area contributed by atoms with Crippen molar-refractivity contribution in [2.75, 3.05) is 0 Å². The highest BCUT2D eigenvalue weighted by molar-refractivity contribution is 5.85. The van der Waals surface area contributed by atoms with Gasteiger partial charge in [0.15, 0.2) is 0 Å². The fourth-order valence-corrected chi connectivity index (χ4v) is 2.17. The highest BCUT2D eigenvalue weighted by Gasteiger charge is 2.30. The standard InChI is InChI=1S/C17H11F4NO/c18-13-4-1-11(2-5-13)10-23-16-7-8-22-15-9-12(17(19,20)21)3-6-14(15)16/h1-9H,10H2. The molecule has 0 saturated carbocycles. The Kier molecular flexibility index (Phi) is 3.90. The third-order valence-corrected chi connectivity index (χ3v) is 3.34. The average molecular weight is 321 g/mol. The van der Waals surface area contributed by atoms with Crippen LogP contribution < -0.4 is 4.74 Å². The third kappa shape index (κ3) is 3.41. The van der Waals surface area contributed by atoms with Gasteiger partial charge in [0.2, 0.25) is 0 Å². The molecule has 0 radical (unpaired) electrons. The number of nitrogens with zero attached hydrogens (tertiary/aromatic N) is 1. The molecule has 0 fully saturated rings. The molecule has 23 heavy (non-hydrogen) atoms. The van der Waals surface area contributed by atoms with Crippen molar-refractivity contribution in [1.29, 1.82) is 0 Å². The molecule has 0 unspecified atom stereocenters. The van der Waals surface area contributed by atoms with Gasteiger partial charge in [0.05, 0.1) is 11.1 Å². The lowest BCUT2D eigenvalue weighted by Gasteiger charge is -2.11. The minimum atomic E-state index is -4.42. The molecule has 0 aliphatic heterocycles. The van der Waals surface area contributed by atoms with Gasteiger partial charge in [-0.25, -0.2) is 4.39 Å². The number of alkyl halides is 3. The Morgan fingerprint density at radius 3 is 2.39 bits per heavy atom. The predicted octanol–water partition coefficient (Wildman–Crippen LogP) is 4.97. The summed E-state index contributed by atoms with van der Waals surface area (Å²) in [6.45, 7) is 0.181. The van der Waals surface area contributed by atoms with Gasteiger partial charge >= 0.3 is 6.18 Å². The van der Waals surface area contributed by atoms with Crippen molar-refractivity contribution in [1.82, 2.24) is 4.98 Å². The minimum Gasteiger partial charge on any atom is -0.488 e. The van der Waals surface area contributed by atoms with E-state index in [1.54, 1.807) is 18.2 Å². The molecule has 0 spiro atoms. The molecule has 2 nitrogen and oxygen atoms in total. The van der Waals surface area contributed by atoms with Gasteiger partial charge in [-0.1, -0.05) is 12.1 Å². The van der Waals surface area contributed by atoms with Gasteiger partial charge in [0.25, 0.3) is 0 Å². The number of hydrogen-bond donors (Lipinski definition) is 0. The lowest BCUT2D eigenvalue weighted by molar-refractivity contribution is -0.137. The van der Waals surface area contributed by atoms with Crippen LogP contribution in [0.2, 0.25) is 0 Å². The molecular formula is C17H11F4NO. The van der Waals surface area contributed by atoms with E-state index < -0.39 is 11.7 Å². The zero-order valence-corrected chi connectivity index (χ0v) is 11.8. The lowest BCUT2D eigenvalue weighted by atomic mass is 10.1. The molecule has 0 amide bonds. The van der Waals surface area contributed by atoms with Crippen LogP contribution in [0.3, 0.4) is 0 Å². The summed E-state index contributed by atoms with van der Waals surface area (Å²) >= 11 is 0. The van der Waals surface area contributed by atoms with Crippen LogP contribution in [0.1, 0.15) is 11.1 Å². The van der Waals surface area contributed by atoms with Gasteiger partial charge in [0.1, 0.15) is 18.2 Å². The van der Waals surface area contributed by atoms with E-state index in [2.05, 4.69) is 4.98 Å². The van der Waals surface area contributed by atoms with Gasteiger partial charge in [-0.3, -0.25) is 4.98 Å². The van der Waals surface area contributed by atoms with Crippen LogP contribution in [0.25, 0.3) is 10.9 Å². The molecule has 0 bridgehead atoms. The summed E-state index contributed by atoms with van der Waals surface area (Å²) < 4.78 is 56.7. The molecule has 1 heterocycles. The average Bonchev–Trinajstić information content (AvgIpc) is 2.53. The molecular weight excluding hydrogens is 310 g/mol. The van der Waals surface area contributed by atoms with Crippen molar-refractivity contribution in [3.05, 3.63) is 71.7 Å². The molecule has 3 rings (SSSR count). The van der Waals surface area contributed by atoms with Crippen LogP contribution in [0.15, 0.2) is 54.7 Å². The van der Waals surface area contributed by atoms with Crippen molar-refractivity contribution in [2.45, 2.75) is 12.8 Å². The zero-order valence-electron chi connectivity index (χ0n) is 11.8. The van der Waals surface area contributed by atoms with Gasteiger partial charge in [0, 0.05) is 11.6 Å². The second-order valence-corrected chi connectivity index (χ2v) is 4.95. The molecule has 0 atom stereocenters. The van der Waals surface area contributed by atoms with E-state index in [-0.39, 0.29) is 17.9 Å². The summed E-state index contributed by atoms with van der Waals surface area (Å²) in [7, 11) is 0. The highest BCUT2D eigenvalue weighted by Crippen LogP contribution is 2.33. The first kappa shape index (κ1) is 15.3. The number of ether oxygens (including phenoxy) is 1. The minimum absolute atomic E-state index is 0.181. The maximum Gasteiger partial charge on any atom is 0.416 e. The quantitative estimate of drug-likeness (QED) is 0.635. The summed E-state index contributed by atoms with van der Waals surface area (Å²) in [6, 6.07) is 10.7. The number of hydrogen-bond acceptors (Lipinski definition) is 2. The SMILES string of the molecule is Fc1ccc(COc2ccnc3cc(C(F)(F)F)ccc23)cc1. The molecule has 1 aromatic heterocycles. The van der Waals surface area contributed by atoms with E-state index >= 15 is 0 Å². The van der Waals surface area contributed by atoms with Crippen LogP contribution in [0.5, 0.6) is 5.75 Å². The van der Waals surface area contributed by atoms with Crippen molar-refractivity contribution in [2.24, 2.45) is 0 Å². The van der Waals surface area contributed by atoms with Crippen LogP contribution in [-0.4, -0.2) is 4.98 Å². The molecule has 0 aliphatic carbocycles. The first-order valence-corrected chi connectivity index (χ1v) is 6.77. The molecule has 118 valence electrons. The van der Waals surface area contributed by atoms with Crippen LogP contribution in [0, 0.1) is 5.82 Å². The van der Waals surface area contributed by atoms with E-state index in [0.717, 1.165) is 17.7 Å². The number of fused-ring (bicyclic) bond motifs is 1. The fraction of sp³-hybridized carbons (Fsp3) is 0.118.